The molecule has 2 unspecified atom stereocenters. The van der Waals surface area contributed by atoms with Crippen LogP contribution in [0.4, 0.5) is 0 Å². The molecule has 6 nitrogen and oxygen atoms in total. The number of hydrogen-bond acceptors (Lipinski definition) is 4. The molecule has 0 saturated heterocycles. The van der Waals surface area contributed by atoms with E-state index in [2.05, 4.69) is 28.6 Å². The lowest BCUT2D eigenvalue weighted by Crippen LogP contribution is -2.50. The van der Waals surface area contributed by atoms with Crippen LogP contribution >= 0.6 is 0 Å². The molecule has 2 heterocycles. The molecule has 4 rings (SSSR count). The van der Waals surface area contributed by atoms with Gasteiger partial charge in [0.05, 0.1) is 6.54 Å². The molecule has 0 spiro atoms. The van der Waals surface area contributed by atoms with Gasteiger partial charge in [0.15, 0.2) is 5.82 Å². The molecule has 1 aromatic rings. The second kappa shape index (κ2) is 6.14. The Bertz CT molecular complexity index is 611. The molecule has 1 aromatic heterocycles. The molecule has 2 N–H and O–H groups in total. The number of nitrogens with two attached hydrogens (primary N) is 1. The summed E-state index contributed by atoms with van der Waals surface area (Å²) in [4.78, 5) is 15.1. The number of amides is 1. The second-order valence-corrected chi connectivity index (χ2v) is 8.24. The zero-order valence-corrected chi connectivity index (χ0v) is 14.8. The van der Waals surface area contributed by atoms with Crippen molar-refractivity contribution in [2.45, 2.75) is 71.0 Å². The molecule has 1 aliphatic heterocycles. The lowest BCUT2D eigenvalue weighted by Gasteiger charge is -2.44. The van der Waals surface area contributed by atoms with E-state index in [9.17, 15) is 4.79 Å². The van der Waals surface area contributed by atoms with E-state index >= 15 is 0 Å². The Morgan fingerprint density at radius 3 is 2.54 bits per heavy atom. The quantitative estimate of drug-likeness (QED) is 0.898. The predicted octanol–water partition coefficient (Wildman–Crippen LogP) is 1.90. The Hall–Kier alpha value is -1.43. The first kappa shape index (κ1) is 16.1. The van der Waals surface area contributed by atoms with Crippen molar-refractivity contribution in [1.29, 1.82) is 0 Å². The fraction of sp³-hybridized carbons (Fsp3) is 0.833. The Balaban J connectivity index is 1.46. The highest BCUT2D eigenvalue weighted by Crippen LogP contribution is 2.42. The van der Waals surface area contributed by atoms with E-state index in [0.717, 1.165) is 37.6 Å². The maximum absolute atomic E-state index is 13.1. The van der Waals surface area contributed by atoms with Crippen molar-refractivity contribution in [2.75, 3.05) is 6.54 Å². The lowest BCUT2D eigenvalue weighted by atomic mass is 9.65. The third kappa shape index (κ3) is 2.65. The van der Waals surface area contributed by atoms with Crippen LogP contribution in [-0.4, -0.2) is 38.2 Å². The Morgan fingerprint density at radius 2 is 1.88 bits per heavy atom. The SMILES string of the molecule is CC(C)c1nnc2n1CCN(C(=O)C1CC3CCCC(C1)C3N)C2. The molecule has 24 heavy (non-hydrogen) atoms. The molecule has 0 radical (unpaired) electrons. The minimum atomic E-state index is 0.166. The summed E-state index contributed by atoms with van der Waals surface area (Å²) in [6, 6.07) is 0.320. The zero-order valence-electron chi connectivity index (χ0n) is 14.8. The van der Waals surface area contributed by atoms with Crippen LogP contribution in [0.5, 0.6) is 0 Å². The monoisotopic (exact) mass is 331 g/mol. The number of fused-ring (bicyclic) bond motifs is 3. The second-order valence-electron chi connectivity index (χ2n) is 8.24. The van der Waals surface area contributed by atoms with E-state index in [1.54, 1.807) is 0 Å². The largest absolute Gasteiger partial charge is 0.333 e. The van der Waals surface area contributed by atoms with Gasteiger partial charge in [-0.3, -0.25) is 4.79 Å². The molecule has 3 aliphatic rings. The van der Waals surface area contributed by atoms with Crippen LogP contribution < -0.4 is 5.73 Å². The van der Waals surface area contributed by atoms with E-state index in [1.165, 1.54) is 19.3 Å². The van der Waals surface area contributed by atoms with Crippen molar-refractivity contribution in [1.82, 2.24) is 19.7 Å². The Labute approximate surface area is 143 Å². The van der Waals surface area contributed by atoms with Gasteiger partial charge in [-0.05, 0) is 37.5 Å². The maximum Gasteiger partial charge on any atom is 0.226 e. The predicted molar refractivity (Wildman–Crippen MR) is 91.1 cm³/mol. The molecular weight excluding hydrogens is 302 g/mol. The van der Waals surface area contributed by atoms with Gasteiger partial charge in [-0.2, -0.15) is 0 Å². The summed E-state index contributed by atoms with van der Waals surface area (Å²) in [5, 5.41) is 8.64. The molecule has 2 fully saturated rings. The van der Waals surface area contributed by atoms with Gasteiger partial charge < -0.3 is 15.2 Å². The number of carbonyl (C=O) groups is 1. The van der Waals surface area contributed by atoms with Crippen LogP contribution in [0.1, 0.15) is 63.5 Å². The van der Waals surface area contributed by atoms with Gasteiger partial charge in [-0.15, -0.1) is 10.2 Å². The van der Waals surface area contributed by atoms with Gasteiger partial charge in [0.1, 0.15) is 5.82 Å². The van der Waals surface area contributed by atoms with Crippen molar-refractivity contribution < 1.29 is 4.79 Å². The molecule has 2 aliphatic carbocycles. The summed E-state index contributed by atoms with van der Waals surface area (Å²) in [6.07, 6.45) is 5.66. The summed E-state index contributed by atoms with van der Waals surface area (Å²) in [5.41, 5.74) is 6.37. The first-order chi connectivity index (χ1) is 11.5. The van der Waals surface area contributed by atoms with Crippen LogP contribution in [0.15, 0.2) is 0 Å². The van der Waals surface area contributed by atoms with E-state index in [1.807, 2.05) is 4.90 Å². The van der Waals surface area contributed by atoms with Crippen LogP contribution in [0.2, 0.25) is 0 Å². The maximum atomic E-state index is 13.1. The van der Waals surface area contributed by atoms with Gasteiger partial charge in [0.2, 0.25) is 5.91 Å². The van der Waals surface area contributed by atoms with Crippen molar-refractivity contribution >= 4 is 5.91 Å². The highest BCUT2D eigenvalue weighted by molar-refractivity contribution is 5.79. The molecule has 0 aromatic carbocycles. The Morgan fingerprint density at radius 1 is 1.17 bits per heavy atom. The topological polar surface area (TPSA) is 77.0 Å². The normalized spacial score (nSPS) is 32.8. The number of rotatable bonds is 2. The van der Waals surface area contributed by atoms with Crippen LogP contribution in [0.3, 0.4) is 0 Å². The van der Waals surface area contributed by atoms with Crippen LogP contribution in [-0.2, 0) is 17.9 Å². The lowest BCUT2D eigenvalue weighted by molar-refractivity contribution is -0.140. The highest BCUT2D eigenvalue weighted by Gasteiger charge is 2.42. The fourth-order valence-corrected chi connectivity index (χ4v) is 5.04. The van der Waals surface area contributed by atoms with Gasteiger partial charge >= 0.3 is 0 Å². The van der Waals surface area contributed by atoms with Gasteiger partial charge in [-0.1, -0.05) is 20.3 Å². The van der Waals surface area contributed by atoms with Gasteiger partial charge in [0, 0.05) is 31.0 Å². The molecule has 6 heteroatoms. The smallest absolute Gasteiger partial charge is 0.226 e. The van der Waals surface area contributed by atoms with Crippen molar-refractivity contribution in [3.8, 4) is 0 Å². The first-order valence-electron chi connectivity index (χ1n) is 9.51. The number of nitrogens with zero attached hydrogens (tertiary/aromatic N) is 4. The van der Waals surface area contributed by atoms with Crippen LogP contribution in [0.25, 0.3) is 0 Å². The number of hydrogen-bond donors (Lipinski definition) is 1. The third-order valence-corrected chi connectivity index (χ3v) is 6.37. The summed E-state index contributed by atoms with van der Waals surface area (Å²) in [7, 11) is 0. The standard InChI is InChI=1S/C18H29N5O/c1-11(2)17-21-20-15-10-22(6-7-23(15)17)18(24)14-8-12-4-3-5-13(9-14)16(12)19/h11-14,16H,3-10,19H2,1-2H3. The summed E-state index contributed by atoms with van der Waals surface area (Å²) in [6.45, 7) is 6.48. The molecule has 1 amide bonds. The van der Waals surface area contributed by atoms with E-state index in [-0.39, 0.29) is 5.92 Å². The number of carbonyl (C=O) groups excluding carboxylic acids is 1. The molecular formula is C18H29N5O. The zero-order chi connectivity index (χ0) is 16.8. The average molecular weight is 331 g/mol. The molecule has 2 bridgehead atoms. The van der Waals surface area contributed by atoms with Crippen LogP contribution in [0, 0.1) is 17.8 Å². The number of aromatic nitrogens is 3. The minimum absolute atomic E-state index is 0.166. The molecule has 132 valence electrons. The third-order valence-electron chi connectivity index (χ3n) is 6.37. The Kier molecular flexibility index (Phi) is 4.11. The summed E-state index contributed by atoms with van der Waals surface area (Å²) >= 11 is 0. The summed E-state index contributed by atoms with van der Waals surface area (Å²) in [5.74, 6) is 3.92. The summed E-state index contributed by atoms with van der Waals surface area (Å²) < 4.78 is 2.19. The van der Waals surface area contributed by atoms with Gasteiger partial charge in [-0.25, -0.2) is 0 Å². The minimum Gasteiger partial charge on any atom is -0.333 e. The van der Waals surface area contributed by atoms with Crippen molar-refractivity contribution in [3.63, 3.8) is 0 Å². The first-order valence-corrected chi connectivity index (χ1v) is 9.51. The van der Waals surface area contributed by atoms with E-state index in [0.29, 0.717) is 36.2 Å². The van der Waals surface area contributed by atoms with Crippen molar-refractivity contribution in [3.05, 3.63) is 11.6 Å². The van der Waals surface area contributed by atoms with Crippen molar-refractivity contribution in [2.24, 2.45) is 23.5 Å². The fourth-order valence-electron chi connectivity index (χ4n) is 5.04. The molecule has 2 saturated carbocycles. The van der Waals surface area contributed by atoms with E-state index < -0.39 is 0 Å². The van der Waals surface area contributed by atoms with Gasteiger partial charge in [0.25, 0.3) is 0 Å². The highest BCUT2D eigenvalue weighted by atomic mass is 16.2. The average Bonchev–Trinajstić information content (AvgIpc) is 2.97. The van der Waals surface area contributed by atoms with E-state index in [4.69, 9.17) is 5.73 Å². The molecule has 2 atom stereocenters.